The number of nitrogens with zero attached hydrogens (tertiary/aromatic N) is 2. The molecule has 0 spiro atoms. The zero-order valence-corrected chi connectivity index (χ0v) is 19.2. The van der Waals surface area contributed by atoms with Crippen molar-refractivity contribution in [2.24, 2.45) is 0 Å². The molecule has 2 aromatic carbocycles. The SMILES string of the molecule is Cc1ccc(C)c(C(=O)COC(=O)c2cc(S(=O)(=O)N(C)C)ccc2N2CCCC2)c1. The van der Waals surface area contributed by atoms with E-state index in [0.29, 0.717) is 11.3 Å². The minimum absolute atomic E-state index is 0.00764. The van der Waals surface area contributed by atoms with E-state index < -0.39 is 22.6 Å². The van der Waals surface area contributed by atoms with Gasteiger partial charge in [0, 0.05) is 32.7 Å². The van der Waals surface area contributed by atoms with Crippen LogP contribution < -0.4 is 4.90 Å². The van der Waals surface area contributed by atoms with Crippen LogP contribution in [-0.4, -0.2) is 58.3 Å². The van der Waals surface area contributed by atoms with Crippen molar-refractivity contribution in [3.63, 3.8) is 0 Å². The number of carbonyl (C=O) groups excluding carboxylic acids is 2. The molecule has 0 aliphatic carbocycles. The lowest BCUT2D eigenvalue weighted by atomic mass is 10.0. The average molecular weight is 445 g/mol. The maximum Gasteiger partial charge on any atom is 0.340 e. The third kappa shape index (κ3) is 4.97. The summed E-state index contributed by atoms with van der Waals surface area (Å²) in [5.74, 6) is -1.01. The Morgan fingerprint density at radius 2 is 1.68 bits per heavy atom. The van der Waals surface area contributed by atoms with Gasteiger partial charge in [-0.2, -0.15) is 0 Å². The smallest absolute Gasteiger partial charge is 0.340 e. The number of ketones is 1. The average Bonchev–Trinajstić information content (AvgIpc) is 3.27. The number of Topliss-reactive ketones (excluding diaryl/α,β-unsaturated/α-hetero) is 1. The fourth-order valence-electron chi connectivity index (χ4n) is 3.61. The molecule has 31 heavy (non-hydrogen) atoms. The third-order valence-corrected chi connectivity index (χ3v) is 7.25. The molecule has 0 aromatic heterocycles. The van der Waals surface area contributed by atoms with Crippen LogP contribution in [0, 0.1) is 13.8 Å². The highest BCUT2D eigenvalue weighted by molar-refractivity contribution is 7.89. The van der Waals surface area contributed by atoms with Gasteiger partial charge < -0.3 is 9.64 Å². The van der Waals surface area contributed by atoms with Gasteiger partial charge >= 0.3 is 5.97 Å². The molecule has 166 valence electrons. The van der Waals surface area contributed by atoms with Crippen LogP contribution in [0.5, 0.6) is 0 Å². The normalized spacial score (nSPS) is 14.2. The number of ether oxygens (including phenoxy) is 1. The summed E-state index contributed by atoms with van der Waals surface area (Å²) < 4.78 is 31.6. The molecule has 0 amide bonds. The van der Waals surface area contributed by atoms with Crippen LogP contribution in [0.15, 0.2) is 41.3 Å². The van der Waals surface area contributed by atoms with Crippen LogP contribution in [0.3, 0.4) is 0 Å². The molecule has 8 heteroatoms. The molecule has 1 aliphatic rings. The zero-order chi connectivity index (χ0) is 22.8. The topological polar surface area (TPSA) is 84.0 Å². The summed E-state index contributed by atoms with van der Waals surface area (Å²) in [5, 5.41) is 0. The highest BCUT2D eigenvalue weighted by Gasteiger charge is 2.26. The zero-order valence-electron chi connectivity index (χ0n) is 18.3. The lowest BCUT2D eigenvalue weighted by Gasteiger charge is -2.22. The first-order chi connectivity index (χ1) is 14.6. The molecule has 0 atom stereocenters. The number of benzene rings is 2. The summed E-state index contributed by atoms with van der Waals surface area (Å²) >= 11 is 0. The first-order valence-electron chi connectivity index (χ1n) is 10.2. The Morgan fingerprint density at radius 1 is 1.00 bits per heavy atom. The summed E-state index contributed by atoms with van der Waals surface area (Å²) in [6.45, 7) is 4.87. The number of esters is 1. The monoisotopic (exact) mass is 444 g/mol. The second-order valence-electron chi connectivity index (χ2n) is 7.98. The summed E-state index contributed by atoms with van der Waals surface area (Å²) in [4.78, 5) is 27.6. The van der Waals surface area contributed by atoms with Gasteiger partial charge in [-0.25, -0.2) is 17.5 Å². The molecule has 3 rings (SSSR count). The Bertz CT molecular complexity index is 1100. The number of hydrogen-bond acceptors (Lipinski definition) is 6. The summed E-state index contributed by atoms with van der Waals surface area (Å²) in [6, 6.07) is 10.0. The van der Waals surface area contributed by atoms with Gasteiger partial charge in [0.2, 0.25) is 15.8 Å². The van der Waals surface area contributed by atoms with E-state index in [-0.39, 0.29) is 16.2 Å². The standard InChI is InChI=1S/C23H28N2O5S/c1-16-7-8-17(2)19(13-16)22(26)15-30-23(27)20-14-18(31(28,29)24(3)4)9-10-21(20)25-11-5-6-12-25/h7-10,13-14H,5-6,11-12,15H2,1-4H3. The lowest BCUT2D eigenvalue weighted by molar-refractivity contribution is 0.0475. The number of sulfonamides is 1. The maximum absolute atomic E-state index is 12.9. The first-order valence-corrected chi connectivity index (χ1v) is 11.6. The van der Waals surface area contributed by atoms with Gasteiger partial charge in [0.05, 0.1) is 16.1 Å². The molecule has 1 heterocycles. The van der Waals surface area contributed by atoms with E-state index in [1.165, 1.54) is 26.2 Å². The van der Waals surface area contributed by atoms with Crippen molar-refractivity contribution in [1.29, 1.82) is 0 Å². The Hall–Kier alpha value is -2.71. The van der Waals surface area contributed by atoms with E-state index in [2.05, 4.69) is 0 Å². The Kier molecular flexibility index (Phi) is 6.81. The number of rotatable bonds is 7. The molecule has 2 aromatic rings. The lowest BCUT2D eigenvalue weighted by Crippen LogP contribution is -2.25. The van der Waals surface area contributed by atoms with Gasteiger partial charge in [-0.05, 0) is 56.5 Å². The molecule has 0 radical (unpaired) electrons. The van der Waals surface area contributed by atoms with Gasteiger partial charge in [-0.1, -0.05) is 17.7 Å². The molecule has 0 N–H and O–H groups in total. The van der Waals surface area contributed by atoms with E-state index in [9.17, 15) is 18.0 Å². The van der Waals surface area contributed by atoms with Crippen LogP contribution in [0.2, 0.25) is 0 Å². The van der Waals surface area contributed by atoms with Crippen molar-refractivity contribution in [1.82, 2.24) is 4.31 Å². The first kappa shape index (κ1) is 23.0. The second-order valence-corrected chi connectivity index (χ2v) is 10.1. The molecule has 1 saturated heterocycles. The highest BCUT2D eigenvalue weighted by Crippen LogP contribution is 2.29. The largest absolute Gasteiger partial charge is 0.454 e. The van der Waals surface area contributed by atoms with Crippen molar-refractivity contribution < 1.29 is 22.7 Å². The molecular weight excluding hydrogens is 416 g/mol. The fourth-order valence-corrected chi connectivity index (χ4v) is 4.53. The summed E-state index contributed by atoms with van der Waals surface area (Å²) in [6.07, 6.45) is 1.99. The minimum atomic E-state index is -3.72. The molecule has 7 nitrogen and oxygen atoms in total. The molecular formula is C23H28N2O5S. The molecule has 0 unspecified atom stereocenters. The van der Waals surface area contributed by atoms with E-state index >= 15 is 0 Å². The number of anilines is 1. The van der Waals surface area contributed by atoms with Gasteiger partial charge in [-0.3, -0.25) is 4.79 Å². The Balaban J connectivity index is 1.88. The van der Waals surface area contributed by atoms with E-state index in [1.807, 2.05) is 30.9 Å². The molecule has 1 aliphatic heterocycles. The second kappa shape index (κ2) is 9.20. The third-order valence-electron chi connectivity index (χ3n) is 5.44. The minimum Gasteiger partial charge on any atom is -0.454 e. The van der Waals surface area contributed by atoms with Gasteiger partial charge in [-0.15, -0.1) is 0 Å². The van der Waals surface area contributed by atoms with E-state index in [4.69, 9.17) is 4.74 Å². The predicted octanol–water partition coefficient (Wildman–Crippen LogP) is 3.19. The van der Waals surface area contributed by atoms with Crippen molar-refractivity contribution in [2.45, 2.75) is 31.6 Å². The molecule has 0 bridgehead atoms. The van der Waals surface area contributed by atoms with Crippen molar-refractivity contribution >= 4 is 27.5 Å². The van der Waals surface area contributed by atoms with Crippen LogP contribution >= 0.6 is 0 Å². The number of carbonyl (C=O) groups is 2. The van der Waals surface area contributed by atoms with E-state index in [1.54, 1.807) is 12.1 Å². The molecule has 1 fully saturated rings. The van der Waals surface area contributed by atoms with Gasteiger partial charge in [0.1, 0.15) is 0 Å². The summed E-state index contributed by atoms with van der Waals surface area (Å²) in [5.41, 5.74) is 3.04. The molecule has 0 saturated carbocycles. The predicted molar refractivity (Wildman–Crippen MR) is 119 cm³/mol. The van der Waals surface area contributed by atoms with Gasteiger partial charge in [0.25, 0.3) is 0 Å². The van der Waals surface area contributed by atoms with Crippen LogP contribution in [-0.2, 0) is 14.8 Å². The Morgan fingerprint density at radius 3 is 2.32 bits per heavy atom. The number of hydrogen-bond donors (Lipinski definition) is 0. The Labute approximate surface area is 183 Å². The van der Waals surface area contributed by atoms with Gasteiger partial charge in [0.15, 0.2) is 6.61 Å². The van der Waals surface area contributed by atoms with Crippen molar-refractivity contribution in [2.75, 3.05) is 38.7 Å². The maximum atomic E-state index is 12.9. The van der Waals surface area contributed by atoms with Crippen LogP contribution in [0.1, 0.15) is 44.7 Å². The quantitative estimate of drug-likeness (QED) is 0.482. The van der Waals surface area contributed by atoms with Crippen molar-refractivity contribution in [3.05, 3.63) is 58.7 Å². The fraction of sp³-hybridized carbons (Fsp3) is 0.391. The van der Waals surface area contributed by atoms with Crippen LogP contribution in [0.25, 0.3) is 0 Å². The van der Waals surface area contributed by atoms with Crippen molar-refractivity contribution in [3.8, 4) is 0 Å². The summed E-state index contributed by atoms with van der Waals surface area (Å²) in [7, 11) is -0.848. The van der Waals surface area contributed by atoms with Crippen LogP contribution in [0.4, 0.5) is 5.69 Å². The van der Waals surface area contributed by atoms with E-state index in [0.717, 1.165) is 41.4 Å². The highest BCUT2D eigenvalue weighted by atomic mass is 32.2. The number of aryl methyl sites for hydroxylation is 2.